The Morgan fingerprint density at radius 2 is 1.67 bits per heavy atom. The summed E-state index contributed by atoms with van der Waals surface area (Å²) in [4.78, 5) is 0. The number of benzene rings is 1. The van der Waals surface area contributed by atoms with Crippen molar-refractivity contribution in [2.75, 3.05) is 6.54 Å². The minimum atomic E-state index is 0.282. The monoisotopic (exact) mass is 285 g/mol. The molecule has 1 heteroatoms. The standard InChI is InChI=1S/C20H31N/c1-19(2)11-5-6-17(14-19)16-7-9-18(10-8-16)20(15-21)12-3-4-13-20/h7-10,17H,3-6,11-15,21H2,1-2H3. The van der Waals surface area contributed by atoms with Crippen LogP contribution < -0.4 is 5.73 Å². The molecule has 2 saturated carbocycles. The molecule has 0 amide bonds. The normalized spacial score (nSPS) is 27.7. The van der Waals surface area contributed by atoms with E-state index in [0.717, 1.165) is 12.5 Å². The van der Waals surface area contributed by atoms with Gasteiger partial charge in [0.1, 0.15) is 0 Å². The third-order valence-electron chi connectivity index (χ3n) is 6.15. The van der Waals surface area contributed by atoms with Crippen LogP contribution >= 0.6 is 0 Å². The van der Waals surface area contributed by atoms with E-state index in [9.17, 15) is 0 Å². The van der Waals surface area contributed by atoms with Gasteiger partial charge in [0.2, 0.25) is 0 Å². The third kappa shape index (κ3) is 3.04. The average molecular weight is 285 g/mol. The average Bonchev–Trinajstić information content (AvgIpc) is 2.96. The van der Waals surface area contributed by atoms with Gasteiger partial charge in [0.05, 0.1) is 0 Å². The van der Waals surface area contributed by atoms with Gasteiger partial charge in [-0.05, 0) is 54.6 Å². The molecule has 1 atom stereocenters. The van der Waals surface area contributed by atoms with Gasteiger partial charge in [0.25, 0.3) is 0 Å². The summed E-state index contributed by atoms with van der Waals surface area (Å²) in [6, 6.07) is 9.57. The highest BCUT2D eigenvalue weighted by molar-refractivity contribution is 5.32. The summed E-state index contributed by atoms with van der Waals surface area (Å²) in [5.41, 5.74) is 9.96. The first-order valence-electron chi connectivity index (χ1n) is 8.85. The van der Waals surface area contributed by atoms with Crippen molar-refractivity contribution in [2.45, 2.75) is 76.5 Å². The minimum absolute atomic E-state index is 0.282. The van der Waals surface area contributed by atoms with Gasteiger partial charge < -0.3 is 5.73 Å². The van der Waals surface area contributed by atoms with Crippen LogP contribution in [0, 0.1) is 5.41 Å². The molecule has 1 nitrogen and oxygen atoms in total. The van der Waals surface area contributed by atoms with E-state index >= 15 is 0 Å². The zero-order valence-electron chi connectivity index (χ0n) is 13.8. The predicted molar refractivity (Wildman–Crippen MR) is 90.6 cm³/mol. The zero-order valence-corrected chi connectivity index (χ0v) is 13.8. The third-order valence-corrected chi connectivity index (χ3v) is 6.15. The van der Waals surface area contributed by atoms with E-state index in [4.69, 9.17) is 5.73 Å². The van der Waals surface area contributed by atoms with Gasteiger partial charge >= 0.3 is 0 Å². The highest BCUT2D eigenvalue weighted by Gasteiger charge is 2.34. The van der Waals surface area contributed by atoms with Gasteiger partial charge in [-0.2, -0.15) is 0 Å². The number of hydrogen-bond donors (Lipinski definition) is 1. The van der Waals surface area contributed by atoms with Gasteiger partial charge in [0, 0.05) is 12.0 Å². The van der Waals surface area contributed by atoms with Gasteiger partial charge in [-0.3, -0.25) is 0 Å². The maximum Gasteiger partial charge on any atom is 0.00755 e. The molecule has 0 heterocycles. The molecule has 1 aromatic carbocycles. The molecule has 0 saturated heterocycles. The fraction of sp³-hybridized carbons (Fsp3) is 0.700. The smallest absolute Gasteiger partial charge is 0.00755 e. The molecule has 116 valence electrons. The van der Waals surface area contributed by atoms with Crippen LogP contribution in [0.1, 0.15) is 82.3 Å². The van der Waals surface area contributed by atoms with Crippen LogP contribution in [0.5, 0.6) is 0 Å². The molecular formula is C20H31N. The van der Waals surface area contributed by atoms with Crippen LogP contribution in [0.2, 0.25) is 0 Å². The fourth-order valence-corrected chi connectivity index (χ4v) is 4.75. The van der Waals surface area contributed by atoms with Crippen molar-refractivity contribution in [3.05, 3.63) is 35.4 Å². The van der Waals surface area contributed by atoms with E-state index in [1.807, 2.05) is 0 Å². The Kier molecular flexibility index (Phi) is 4.14. The summed E-state index contributed by atoms with van der Waals surface area (Å²) in [7, 11) is 0. The maximum atomic E-state index is 6.12. The lowest BCUT2D eigenvalue weighted by Crippen LogP contribution is -2.32. The Morgan fingerprint density at radius 1 is 1.00 bits per heavy atom. The Hall–Kier alpha value is -0.820. The van der Waals surface area contributed by atoms with E-state index in [1.165, 1.54) is 56.9 Å². The highest BCUT2D eigenvalue weighted by atomic mass is 14.6. The molecule has 2 fully saturated rings. The molecule has 0 aliphatic heterocycles. The second-order valence-corrected chi connectivity index (χ2v) is 8.27. The second kappa shape index (κ2) is 5.76. The zero-order chi connectivity index (χ0) is 14.9. The summed E-state index contributed by atoms with van der Waals surface area (Å²) in [6.07, 6.45) is 10.7. The molecule has 0 radical (unpaired) electrons. The van der Waals surface area contributed by atoms with Crippen molar-refractivity contribution >= 4 is 0 Å². The van der Waals surface area contributed by atoms with Gasteiger partial charge in [-0.15, -0.1) is 0 Å². The van der Waals surface area contributed by atoms with Crippen molar-refractivity contribution in [1.29, 1.82) is 0 Å². The molecule has 2 aliphatic rings. The summed E-state index contributed by atoms with van der Waals surface area (Å²) in [5.74, 6) is 0.764. The lowest BCUT2D eigenvalue weighted by atomic mass is 9.70. The predicted octanol–water partition coefficient (Wildman–Crippen LogP) is 5.14. The van der Waals surface area contributed by atoms with E-state index in [-0.39, 0.29) is 5.41 Å². The van der Waals surface area contributed by atoms with Crippen LogP contribution in [0.4, 0.5) is 0 Å². The molecule has 2 aliphatic carbocycles. The molecule has 0 bridgehead atoms. The van der Waals surface area contributed by atoms with Crippen molar-refractivity contribution in [1.82, 2.24) is 0 Å². The first-order valence-corrected chi connectivity index (χ1v) is 8.85. The van der Waals surface area contributed by atoms with E-state index < -0.39 is 0 Å². The largest absolute Gasteiger partial charge is 0.330 e. The molecule has 21 heavy (non-hydrogen) atoms. The molecule has 3 rings (SSSR count). The second-order valence-electron chi connectivity index (χ2n) is 8.27. The first kappa shape index (κ1) is 15.1. The summed E-state index contributed by atoms with van der Waals surface area (Å²) >= 11 is 0. The van der Waals surface area contributed by atoms with Gasteiger partial charge in [-0.25, -0.2) is 0 Å². The minimum Gasteiger partial charge on any atom is -0.330 e. The Labute approximate surface area is 130 Å². The van der Waals surface area contributed by atoms with Gasteiger partial charge in [-0.1, -0.05) is 57.4 Å². The van der Waals surface area contributed by atoms with E-state index in [2.05, 4.69) is 38.1 Å². The topological polar surface area (TPSA) is 26.0 Å². The Morgan fingerprint density at radius 3 is 2.24 bits per heavy atom. The molecule has 0 spiro atoms. The molecule has 2 N–H and O–H groups in total. The fourth-order valence-electron chi connectivity index (χ4n) is 4.75. The van der Waals surface area contributed by atoms with Crippen LogP contribution in [0.15, 0.2) is 24.3 Å². The van der Waals surface area contributed by atoms with Crippen molar-refractivity contribution in [3.8, 4) is 0 Å². The van der Waals surface area contributed by atoms with Crippen LogP contribution in [-0.4, -0.2) is 6.54 Å². The van der Waals surface area contributed by atoms with Gasteiger partial charge in [0.15, 0.2) is 0 Å². The van der Waals surface area contributed by atoms with E-state index in [1.54, 1.807) is 5.56 Å². The summed E-state index contributed by atoms with van der Waals surface area (Å²) in [5, 5.41) is 0. The Bertz CT molecular complexity index is 465. The first-order chi connectivity index (χ1) is 10.0. The summed E-state index contributed by atoms with van der Waals surface area (Å²) < 4.78 is 0. The van der Waals surface area contributed by atoms with Crippen molar-refractivity contribution in [2.24, 2.45) is 11.1 Å². The number of rotatable bonds is 3. The van der Waals surface area contributed by atoms with Crippen molar-refractivity contribution in [3.63, 3.8) is 0 Å². The van der Waals surface area contributed by atoms with Crippen LogP contribution in [0.3, 0.4) is 0 Å². The van der Waals surface area contributed by atoms with Crippen molar-refractivity contribution < 1.29 is 0 Å². The molecular weight excluding hydrogens is 254 g/mol. The van der Waals surface area contributed by atoms with Crippen LogP contribution in [0.25, 0.3) is 0 Å². The van der Waals surface area contributed by atoms with E-state index in [0.29, 0.717) is 5.41 Å². The van der Waals surface area contributed by atoms with Crippen LogP contribution in [-0.2, 0) is 5.41 Å². The lowest BCUT2D eigenvalue weighted by Gasteiger charge is -2.36. The molecule has 0 aromatic heterocycles. The highest BCUT2D eigenvalue weighted by Crippen LogP contribution is 2.44. The summed E-state index contributed by atoms with van der Waals surface area (Å²) in [6.45, 7) is 5.66. The SMILES string of the molecule is CC1(C)CCCC(c2ccc(C3(CN)CCCC3)cc2)C1. The quantitative estimate of drug-likeness (QED) is 0.817. The molecule has 1 unspecified atom stereocenters. The molecule has 1 aromatic rings. The lowest BCUT2D eigenvalue weighted by molar-refractivity contribution is 0.219. The maximum absolute atomic E-state index is 6.12. The number of hydrogen-bond acceptors (Lipinski definition) is 1. The Balaban J connectivity index is 1.78. The number of nitrogens with two attached hydrogens (primary N) is 1.